The third kappa shape index (κ3) is 5.59. The van der Waals surface area contributed by atoms with Crippen LogP contribution >= 0.6 is 12.4 Å². The molecular formula is C14H22ClN3O2. The molecule has 0 aliphatic rings. The first-order chi connectivity index (χ1) is 8.70. The van der Waals surface area contributed by atoms with Gasteiger partial charge in [-0.1, -0.05) is 6.07 Å². The van der Waals surface area contributed by atoms with Crippen molar-refractivity contribution in [2.45, 2.75) is 19.4 Å². The van der Waals surface area contributed by atoms with Crippen LogP contribution in [-0.4, -0.2) is 42.9 Å². The molecule has 0 radical (unpaired) electrons. The number of halogens is 1. The first-order valence-corrected chi connectivity index (χ1v) is 6.09. The second-order valence-corrected chi connectivity index (χ2v) is 5.45. The Bertz CT molecular complexity index is 482. The standard InChI is InChI=1S/C14H21N3O2.ClH/c1-14(2,15)9-16-12(18)10-6-5-7-11(8-10)13(19)17(3)4;/h5-8H,9,15H2,1-4H3,(H,16,18);1H. The highest BCUT2D eigenvalue weighted by molar-refractivity contribution is 5.99. The second kappa shape index (κ2) is 7.26. The van der Waals surface area contributed by atoms with E-state index in [1.54, 1.807) is 38.4 Å². The first-order valence-electron chi connectivity index (χ1n) is 6.09. The van der Waals surface area contributed by atoms with Crippen LogP contribution in [0, 0.1) is 0 Å². The zero-order valence-electron chi connectivity index (χ0n) is 12.3. The molecule has 3 N–H and O–H groups in total. The van der Waals surface area contributed by atoms with E-state index < -0.39 is 5.54 Å². The van der Waals surface area contributed by atoms with Gasteiger partial charge in [-0.3, -0.25) is 9.59 Å². The lowest BCUT2D eigenvalue weighted by atomic mass is 10.1. The van der Waals surface area contributed by atoms with E-state index in [9.17, 15) is 9.59 Å². The summed E-state index contributed by atoms with van der Waals surface area (Å²) < 4.78 is 0. The van der Waals surface area contributed by atoms with Crippen LogP contribution in [0.5, 0.6) is 0 Å². The van der Waals surface area contributed by atoms with Gasteiger partial charge in [-0.25, -0.2) is 0 Å². The van der Waals surface area contributed by atoms with Crippen molar-refractivity contribution in [2.75, 3.05) is 20.6 Å². The minimum Gasteiger partial charge on any atom is -0.350 e. The van der Waals surface area contributed by atoms with Gasteiger partial charge in [-0.15, -0.1) is 12.4 Å². The Morgan fingerprint density at radius 2 is 1.80 bits per heavy atom. The fourth-order valence-corrected chi connectivity index (χ4v) is 1.46. The molecular weight excluding hydrogens is 278 g/mol. The molecule has 1 aromatic rings. The fourth-order valence-electron chi connectivity index (χ4n) is 1.46. The van der Waals surface area contributed by atoms with E-state index in [1.165, 1.54) is 4.90 Å². The summed E-state index contributed by atoms with van der Waals surface area (Å²) in [5, 5.41) is 2.75. The van der Waals surface area contributed by atoms with Crippen molar-refractivity contribution in [3.8, 4) is 0 Å². The van der Waals surface area contributed by atoms with Crippen molar-refractivity contribution in [1.29, 1.82) is 0 Å². The predicted molar refractivity (Wildman–Crippen MR) is 82.3 cm³/mol. The smallest absolute Gasteiger partial charge is 0.253 e. The van der Waals surface area contributed by atoms with Crippen LogP contribution in [0.25, 0.3) is 0 Å². The minimum atomic E-state index is -0.466. The first kappa shape index (κ1) is 18.4. The van der Waals surface area contributed by atoms with Gasteiger partial charge in [-0.2, -0.15) is 0 Å². The van der Waals surface area contributed by atoms with Crippen LogP contribution in [0.15, 0.2) is 24.3 Å². The molecule has 0 spiro atoms. The summed E-state index contributed by atoms with van der Waals surface area (Å²) in [7, 11) is 3.35. The Hall–Kier alpha value is -1.59. The minimum absolute atomic E-state index is 0. The molecule has 20 heavy (non-hydrogen) atoms. The van der Waals surface area contributed by atoms with Crippen molar-refractivity contribution in [1.82, 2.24) is 10.2 Å². The van der Waals surface area contributed by atoms with Crippen molar-refractivity contribution >= 4 is 24.2 Å². The summed E-state index contributed by atoms with van der Waals surface area (Å²) in [6.45, 7) is 4.04. The highest BCUT2D eigenvalue weighted by atomic mass is 35.5. The summed E-state index contributed by atoms with van der Waals surface area (Å²) in [6, 6.07) is 6.64. The maximum Gasteiger partial charge on any atom is 0.253 e. The molecule has 0 bridgehead atoms. The Balaban J connectivity index is 0.00000361. The van der Waals surface area contributed by atoms with E-state index in [4.69, 9.17) is 5.73 Å². The van der Waals surface area contributed by atoms with Crippen molar-refractivity contribution in [3.63, 3.8) is 0 Å². The van der Waals surface area contributed by atoms with Gasteiger partial charge < -0.3 is 16.0 Å². The third-order valence-corrected chi connectivity index (χ3v) is 2.48. The number of benzene rings is 1. The normalized spacial score (nSPS) is 10.4. The molecule has 0 fully saturated rings. The summed E-state index contributed by atoms with van der Waals surface area (Å²) in [4.78, 5) is 25.2. The number of rotatable bonds is 4. The van der Waals surface area contributed by atoms with Crippen LogP contribution in [0.3, 0.4) is 0 Å². The molecule has 2 amide bonds. The molecule has 0 aliphatic heterocycles. The quantitative estimate of drug-likeness (QED) is 0.879. The zero-order valence-corrected chi connectivity index (χ0v) is 13.1. The Morgan fingerprint density at radius 1 is 1.25 bits per heavy atom. The van der Waals surface area contributed by atoms with E-state index >= 15 is 0 Å². The molecule has 0 unspecified atom stereocenters. The topological polar surface area (TPSA) is 75.4 Å². The molecule has 6 heteroatoms. The number of hydrogen-bond acceptors (Lipinski definition) is 3. The molecule has 0 atom stereocenters. The Kier molecular flexibility index (Phi) is 6.68. The molecule has 112 valence electrons. The second-order valence-electron chi connectivity index (χ2n) is 5.45. The van der Waals surface area contributed by atoms with Gasteiger partial charge >= 0.3 is 0 Å². The van der Waals surface area contributed by atoms with Crippen LogP contribution in [0.2, 0.25) is 0 Å². The van der Waals surface area contributed by atoms with E-state index in [0.717, 1.165) is 0 Å². The third-order valence-electron chi connectivity index (χ3n) is 2.48. The number of nitrogens with two attached hydrogens (primary N) is 1. The van der Waals surface area contributed by atoms with Crippen LogP contribution in [0.4, 0.5) is 0 Å². The van der Waals surface area contributed by atoms with E-state index in [2.05, 4.69) is 5.32 Å². The number of nitrogens with zero attached hydrogens (tertiary/aromatic N) is 1. The number of amides is 2. The predicted octanol–water partition coefficient (Wildman–Crippen LogP) is 1.28. The van der Waals surface area contributed by atoms with Gasteiger partial charge in [-0.05, 0) is 32.0 Å². The molecule has 0 aliphatic carbocycles. The molecule has 0 aromatic heterocycles. The molecule has 0 saturated heterocycles. The van der Waals surface area contributed by atoms with Gasteiger partial charge in [0.05, 0.1) is 0 Å². The lowest BCUT2D eigenvalue weighted by molar-refractivity contribution is 0.0827. The number of carbonyl (C=O) groups excluding carboxylic acids is 2. The molecule has 1 aromatic carbocycles. The maximum absolute atomic E-state index is 11.9. The average molecular weight is 300 g/mol. The van der Waals surface area contributed by atoms with E-state index in [1.807, 2.05) is 13.8 Å². The Labute approximate surface area is 125 Å². The molecule has 0 saturated carbocycles. The lowest BCUT2D eigenvalue weighted by Gasteiger charge is -2.19. The van der Waals surface area contributed by atoms with Crippen molar-refractivity contribution < 1.29 is 9.59 Å². The van der Waals surface area contributed by atoms with E-state index in [-0.39, 0.29) is 24.2 Å². The summed E-state index contributed by atoms with van der Waals surface area (Å²) in [5.41, 5.74) is 6.28. The summed E-state index contributed by atoms with van der Waals surface area (Å²) >= 11 is 0. The van der Waals surface area contributed by atoms with Gasteiger partial charge in [0.25, 0.3) is 11.8 Å². The highest BCUT2D eigenvalue weighted by Crippen LogP contribution is 2.07. The number of carbonyl (C=O) groups is 2. The molecule has 0 heterocycles. The van der Waals surface area contributed by atoms with Crippen LogP contribution in [0.1, 0.15) is 34.6 Å². The maximum atomic E-state index is 11.9. The van der Waals surface area contributed by atoms with Crippen molar-refractivity contribution in [3.05, 3.63) is 35.4 Å². The monoisotopic (exact) mass is 299 g/mol. The molecule has 1 rings (SSSR count). The van der Waals surface area contributed by atoms with E-state index in [0.29, 0.717) is 17.7 Å². The van der Waals surface area contributed by atoms with Gasteiger partial charge in [0.15, 0.2) is 0 Å². The summed E-state index contributed by atoms with van der Waals surface area (Å²) in [6.07, 6.45) is 0. The molecule has 5 nitrogen and oxygen atoms in total. The SMILES string of the molecule is CN(C)C(=O)c1cccc(C(=O)NCC(C)(C)N)c1.Cl. The van der Waals surface area contributed by atoms with Crippen molar-refractivity contribution in [2.24, 2.45) is 5.73 Å². The van der Waals surface area contributed by atoms with Gasteiger partial charge in [0, 0.05) is 37.3 Å². The number of hydrogen-bond donors (Lipinski definition) is 2. The average Bonchev–Trinajstić information content (AvgIpc) is 2.34. The summed E-state index contributed by atoms with van der Waals surface area (Å²) in [5.74, 6) is -0.360. The lowest BCUT2D eigenvalue weighted by Crippen LogP contribution is -2.45. The van der Waals surface area contributed by atoms with Gasteiger partial charge in [0.2, 0.25) is 0 Å². The van der Waals surface area contributed by atoms with Gasteiger partial charge in [0.1, 0.15) is 0 Å². The van der Waals surface area contributed by atoms with Crippen LogP contribution < -0.4 is 11.1 Å². The van der Waals surface area contributed by atoms with Crippen LogP contribution in [-0.2, 0) is 0 Å². The zero-order chi connectivity index (χ0) is 14.6. The number of nitrogens with one attached hydrogen (secondary N) is 1. The Morgan fingerprint density at radius 3 is 2.30 bits per heavy atom. The largest absolute Gasteiger partial charge is 0.350 e. The fraction of sp³-hybridized carbons (Fsp3) is 0.429. The highest BCUT2D eigenvalue weighted by Gasteiger charge is 2.15.